The highest BCUT2D eigenvalue weighted by Gasteiger charge is 2.18. The largest absolute Gasteiger partial charge is 0.480 e. The number of hydrogen-bond donors (Lipinski definition) is 4. The molecule has 0 fully saturated rings. The second-order valence-corrected chi connectivity index (χ2v) is 3.56. The zero-order valence-electron chi connectivity index (χ0n) is 8.68. The highest BCUT2D eigenvalue weighted by molar-refractivity contribution is 6.33. The summed E-state index contributed by atoms with van der Waals surface area (Å²) < 4.78 is 0. The smallest absolute Gasteiger partial charge is 0.328 e. The number of para-hydroxylation sites is 1. The SMILES string of the molecule is O=C(Nc1ccccc1Cl)N[C@@H](CO)C(=O)O. The van der Waals surface area contributed by atoms with Crippen molar-refractivity contribution in [2.75, 3.05) is 11.9 Å². The number of carboxylic acids is 1. The van der Waals surface area contributed by atoms with Gasteiger partial charge >= 0.3 is 12.0 Å². The molecular formula is C10H11ClN2O4. The van der Waals surface area contributed by atoms with Crippen molar-refractivity contribution in [3.63, 3.8) is 0 Å². The Morgan fingerprint density at radius 1 is 1.35 bits per heavy atom. The topological polar surface area (TPSA) is 98.7 Å². The molecule has 0 bridgehead atoms. The molecule has 4 N–H and O–H groups in total. The predicted octanol–water partition coefficient (Wildman–Crippen LogP) is 0.907. The summed E-state index contributed by atoms with van der Waals surface area (Å²) in [6.07, 6.45) is 0. The molecule has 1 aromatic carbocycles. The normalized spacial score (nSPS) is 11.6. The van der Waals surface area contributed by atoms with Crippen LogP contribution in [0.15, 0.2) is 24.3 Å². The van der Waals surface area contributed by atoms with Crippen molar-refractivity contribution in [2.45, 2.75) is 6.04 Å². The first-order chi connectivity index (χ1) is 8.04. The van der Waals surface area contributed by atoms with E-state index in [1.165, 1.54) is 0 Å². The zero-order valence-corrected chi connectivity index (χ0v) is 9.44. The molecule has 6 nitrogen and oxygen atoms in total. The number of carboxylic acid groups (broad SMARTS) is 1. The van der Waals surface area contributed by atoms with Crippen LogP contribution in [0, 0.1) is 0 Å². The van der Waals surface area contributed by atoms with E-state index in [2.05, 4.69) is 10.6 Å². The third-order valence-electron chi connectivity index (χ3n) is 1.91. The summed E-state index contributed by atoms with van der Waals surface area (Å²) in [5.74, 6) is -1.32. The van der Waals surface area contributed by atoms with Gasteiger partial charge in [-0.2, -0.15) is 0 Å². The van der Waals surface area contributed by atoms with Gasteiger partial charge in [-0.05, 0) is 12.1 Å². The highest BCUT2D eigenvalue weighted by atomic mass is 35.5. The van der Waals surface area contributed by atoms with Crippen molar-refractivity contribution in [2.24, 2.45) is 0 Å². The maximum Gasteiger partial charge on any atom is 0.328 e. The van der Waals surface area contributed by atoms with E-state index < -0.39 is 24.6 Å². The monoisotopic (exact) mass is 258 g/mol. The molecule has 1 atom stereocenters. The lowest BCUT2D eigenvalue weighted by molar-refractivity contribution is -0.140. The Morgan fingerprint density at radius 3 is 2.53 bits per heavy atom. The van der Waals surface area contributed by atoms with Crippen molar-refractivity contribution < 1.29 is 19.8 Å². The van der Waals surface area contributed by atoms with Crippen LogP contribution in [0.25, 0.3) is 0 Å². The third-order valence-corrected chi connectivity index (χ3v) is 2.24. The van der Waals surface area contributed by atoms with Crippen LogP contribution in [0.1, 0.15) is 0 Å². The Bertz CT molecular complexity index is 425. The molecule has 1 aromatic rings. The maximum absolute atomic E-state index is 11.4. The Hall–Kier alpha value is -1.79. The van der Waals surface area contributed by atoms with Gasteiger partial charge in [-0.25, -0.2) is 9.59 Å². The van der Waals surface area contributed by atoms with Crippen molar-refractivity contribution in [3.05, 3.63) is 29.3 Å². The Kier molecular flexibility index (Phi) is 4.74. The van der Waals surface area contributed by atoms with Gasteiger partial charge < -0.3 is 20.8 Å². The Labute approximate surface area is 102 Å². The molecule has 0 unspecified atom stereocenters. The van der Waals surface area contributed by atoms with Gasteiger partial charge in [0.1, 0.15) is 0 Å². The number of rotatable bonds is 4. The van der Waals surface area contributed by atoms with E-state index >= 15 is 0 Å². The molecule has 1 rings (SSSR count). The zero-order chi connectivity index (χ0) is 12.8. The molecule has 0 aromatic heterocycles. The van der Waals surface area contributed by atoms with Crippen LogP contribution in [0.4, 0.5) is 10.5 Å². The number of aliphatic hydroxyl groups is 1. The third kappa shape index (κ3) is 3.93. The molecule has 0 aliphatic heterocycles. The molecule has 0 radical (unpaired) electrons. The van der Waals surface area contributed by atoms with Gasteiger partial charge in [0.2, 0.25) is 0 Å². The average molecular weight is 259 g/mol. The van der Waals surface area contributed by atoms with Gasteiger partial charge in [0.05, 0.1) is 17.3 Å². The first-order valence-corrected chi connectivity index (χ1v) is 5.08. The van der Waals surface area contributed by atoms with Crippen LogP contribution >= 0.6 is 11.6 Å². The van der Waals surface area contributed by atoms with Crippen LogP contribution in [0.3, 0.4) is 0 Å². The molecule has 0 spiro atoms. The van der Waals surface area contributed by atoms with Crippen LogP contribution in [0.5, 0.6) is 0 Å². The molecular weight excluding hydrogens is 248 g/mol. The van der Waals surface area contributed by atoms with E-state index in [9.17, 15) is 9.59 Å². The fourth-order valence-corrected chi connectivity index (χ4v) is 1.25. The van der Waals surface area contributed by atoms with Gasteiger partial charge in [-0.1, -0.05) is 23.7 Å². The van der Waals surface area contributed by atoms with Gasteiger partial charge in [0, 0.05) is 0 Å². The first kappa shape index (κ1) is 13.3. The van der Waals surface area contributed by atoms with Crippen molar-refractivity contribution in [1.29, 1.82) is 0 Å². The van der Waals surface area contributed by atoms with Gasteiger partial charge in [0.15, 0.2) is 6.04 Å². The number of amides is 2. The van der Waals surface area contributed by atoms with E-state index in [4.69, 9.17) is 21.8 Å². The molecule has 0 aliphatic rings. The summed E-state index contributed by atoms with van der Waals surface area (Å²) in [5, 5.41) is 22.1. The van der Waals surface area contributed by atoms with Gasteiger partial charge in [-0.3, -0.25) is 0 Å². The summed E-state index contributed by atoms with van der Waals surface area (Å²) >= 11 is 5.79. The molecule has 0 saturated carbocycles. The van der Waals surface area contributed by atoms with Crippen molar-refractivity contribution in [3.8, 4) is 0 Å². The van der Waals surface area contributed by atoms with E-state index in [0.717, 1.165) is 0 Å². The molecule has 17 heavy (non-hydrogen) atoms. The average Bonchev–Trinajstić information content (AvgIpc) is 2.28. The van der Waals surface area contributed by atoms with Crippen LogP contribution < -0.4 is 10.6 Å². The van der Waals surface area contributed by atoms with Gasteiger partial charge in [0.25, 0.3) is 0 Å². The highest BCUT2D eigenvalue weighted by Crippen LogP contribution is 2.19. The summed E-state index contributed by atoms with van der Waals surface area (Å²) in [5.41, 5.74) is 0.355. The van der Waals surface area contributed by atoms with Crippen molar-refractivity contribution in [1.82, 2.24) is 5.32 Å². The van der Waals surface area contributed by atoms with Crippen molar-refractivity contribution >= 4 is 29.3 Å². The number of benzene rings is 1. The number of anilines is 1. The fourth-order valence-electron chi connectivity index (χ4n) is 1.06. The summed E-state index contributed by atoms with van der Waals surface area (Å²) in [4.78, 5) is 21.9. The second-order valence-electron chi connectivity index (χ2n) is 3.15. The van der Waals surface area contributed by atoms with Crippen LogP contribution in [0.2, 0.25) is 5.02 Å². The molecule has 0 aliphatic carbocycles. The number of halogens is 1. The number of carbonyl (C=O) groups is 2. The lowest BCUT2D eigenvalue weighted by Crippen LogP contribution is -2.45. The number of aliphatic carboxylic acids is 1. The summed E-state index contributed by atoms with van der Waals surface area (Å²) in [6, 6.07) is 4.41. The number of carbonyl (C=O) groups excluding carboxylic acids is 1. The number of nitrogens with one attached hydrogen (secondary N) is 2. The quantitative estimate of drug-likeness (QED) is 0.645. The minimum Gasteiger partial charge on any atom is -0.480 e. The second kappa shape index (κ2) is 6.07. The Balaban J connectivity index is 2.61. The van der Waals surface area contributed by atoms with Crippen LogP contribution in [-0.4, -0.2) is 34.9 Å². The summed E-state index contributed by atoms with van der Waals surface area (Å²) in [6.45, 7) is -0.689. The summed E-state index contributed by atoms with van der Waals surface area (Å²) in [7, 11) is 0. The predicted molar refractivity (Wildman–Crippen MR) is 62.1 cm³/mol. The van der Waals surface area contributed by atoms with Gasteiger partial charge in [-0.15, -0.1) is 0 Å². The number of urea groups is 1. The standard InChI is InChI=1S/C10H11ClN2O4/c11-6-3-1-2-4-7(6)12-10(17)13-8(5-14)9(15)16/h1-4,8,14H,5H2,(H,15,16)(H2,12,13,17)/t8-/m0/s1. The molecule has 0 heterocycles. The molecule has 92 valence electrons. The lowest BCUT2D eigenvalue weighted by Gasteiger charge is -2.13. The van der Waals surface area contributed by atoms with E-state index in [1.807, 2.05) is 0 Å². The minimum atomic E-state index is -1.35. The number of hydrogen-bond acceptors (Lipinski definition) is 3. The maximum atomic E-state index is 11.4. The van der Waals surface area contributed by atoms with E-state index in [-0.39, 0.29) is 0 Å². The first-order valence-electron chi connectivity index (χ1n) is 4.70. The fraction of sp³-hybridized carbons (Fsp3) is 0.200. The molecule has 2 amide bonds. The lowest BCUT2D eigenvalue weighted by atomic mass is 10.3. The molecule has 7 heteroatoms. The van der Waals surface area contributed by atoms with E-state index in [0.29, 0.717) is 10.7 Å². The Morgan fingerprint density at radius 2 is 2.00 bits per heavy atom. The number of aliphatic hydroxyl groups excluding tert-OH is 1. The van der Waals surface area contributed by atoms with E-state index in [1.54, 1.807) is 24.3 Å². The molecule has 0 saturated heterocycles. The minimum absolute atomic E-state index is 0.332. The van der Waals surface area contributed by atoms with Crippen LogP contribution in [-0.2, 0) is 4.79 Å².